The van der Waals surface area contributed by atoms with Crippen molar-refractivity contribution in [2.45, 2.75) is 70.5 Å². The molecule has 5 rings (SSSR count). The van der Waals surface area contributed by atoms with Gasteiger partial charge in [-0.1, -0.05) is 136 Å². The molecule has 4 atom stereocenters. The Kier molecular flexibility index (Phi) is 11.7. The van der Waals surface area contributed by atoms with Gasteiger partial charge in [-0.05, 0) is 33.2 Å². The molecule has 0 spiro atoms. The molecule has 10 heteroatoms. The number of nitrogens with one attached hydrogen (secondary N) is 4. The molecule has 10 nitrogen and oxygen atoms in total. The van der Waals surface area contributed by atoms with Gasteiger partial charge in [0.1, 0.15) is 6.04 Å². The normalized spacial score (nSPS) is 17.2. The standard InChI is InChI=1S/C40H47N5O5/c1-39(2,3)35(43-38(49)41-25-29-17-9-5-10-18-29)36(47)44-45(26-30-19-11-6-12-20-30)27-40(50,24-28-15-7-4-8-16-28)37(48)42-34-32-22-14-13-21-31(32)23-33(34)46/h4-22,33-35,46,50H,23-27H2,1-3H3,(H,42,48)(H,44,47)(H2,41,43,49)/t33-,34+,35-,40+/m1/s1. The summed E-state index contributed by atoms with van der Waals surface area (Å²) in [7, 11) is 0. The van der Waals surface area contributed by atoms with Gasteiger partial charge in [-0.25, -0.2) is 9.80 Å². The number of urea groups is 1. The second-order valence-electron chi connectivity index (χ2n) is 14.0. The summed E-state index contributed by atoms with van der Waals surface area (Å²) in [4.78, 5) is 41.3. The molecule has 1 aliphatic carbocycles. The second-order valence-corrected chi connectivity index (χ2v) is 14.0. The first-order valence-corrected chi connectivity index (χ1v) is 16.9. The molecule has 0 saturated heterocycles. The highest BCUT2D eigenvalue weighted by atomic mass is 16.3. The average molecular weight is 678 g/mol. The lowest BCUT2D eigenvalue weighted by Crippen LogP contribution is -2.62. The van der Waals surface area contributed by atoms with Crippen molar-refractivity contribution >= 4 is 17.8 Å². The minimum absolute atomic E-state index is 0.0614. The quantitative estimate of drug-likeness (QED) is 0.117. The number of aliphatic hydroxyl groups is 2. The van der Waals surface area contributed by atoms with Crippen molar-refractivity contribution in [2.75, 3.05) is 6.54 Å². The molecule has 0 aliphatic heterocycles. The lowest BCUT2D eigenvalue weighted by Gasteiger charge is -2.37. The molecule has 0 unspecified atom stereocenters. The highest BCUT2D eigenvalue weighted by Gasteiger charge is 2.43. The molecule has 1 aliphatic rings. The van der Waals surface area contributed by atoms with E-state index in [-0.39, 0.29) is 26.1 Å². The molecule has 0 radical (unpaired) electrons. The van der Waals surface area contributed by atoms with Crippen LogP contribution in [0.5, 0.6) is 0 Å². The van der Waals surface area contributed by atoms with E-state index in [1.165, 1.54) is 5.01 Å². The minimum Gasteiger partial charge on any atom is -0.390 e. The summed E-state index contributed by atoms with van der Waals surface area (Å²) < 4.78 is 0. The van der Waals surface area contributed by atoms with Gasteiger partial charge in [0.25, 0.3) is 11.8 Å². The maximum Gasteiger partial charge on any atom is 0.315 e. The van der Waals surface area contributed by atoms with Crippen LogP contribution < -0.4 is 21.4 Å². The van der Waals surface area contributed by atoms with Crippen LogP contribution in [0.25, 0.3) is 0 Å². The SMILES string of the molecule is CC(C)(C)[C@H](NC(=O)NCc1ccccc1)C(=O)NN(Cc1ccccc1)C[C@@](O)(Cc1ccccc1)C(=O)N[C@H]1c2ccccc2C[C@H]1O. The van der Waals surface area contributed by atoms with Crippen molar-refractivity contribution in [3.8, 4) is 0 Å². The van der Waals surface area contributed by atoms with Crippen molar-refractivity contribution in [3.63, 3.8) is 0 Å². The summed E-state index contributed by atoms with van der Waals surface area (Å²) in [5, 5.41) is 33.3. The van der Waals surface area contributed by atoms with Gasteiger partial charge >= 0.3 is 6.03 Å². The van der Waals surface area contributed by atoms with E-state index in [1.807, 2.05) is 136 Å². The van der Waals surface area contributed by atoms with Crippen LogP contribution in [0.3, 0.4) is 0 Å². The number of benzene rings is 4. The molecule has 4 aromatic rings. The van der Waals surface area contributed by atoms with Gasteiger partial charge < -0.3 is 26.2 Å². The van der Waals surface area contributed by atoms with Crippen molar-refractivity contribution in [1.29, 1.82) is 0 Å². The highest BCUT2D eigenvalue weighted by molar-refractivity contribution is 5.88. The lowest BCUT2D eigenvalue weighted by atomic mass is 9.86. The third-order valence-electron chi connectivity index (χ3n) is 8.89. The van der Waals surface area contributed by atoms with Crippen LogP contribution in [0.1, 0.15) is 54.6 Å². The van der Waals surface area contributed by atoms with Crippen molar-refractivity contribution in [1.82, 2.24) is 26.4 Å². The maximum atomic E-state index is 14.2. The Labute approximate surface area is 293 Å². The topological polar surface area (TPSA) is 143 Å². The number of nitrogens with zero attached hydrogens (tertiary/aromatic N) is 1. The van der Waals surface area contributed by atoms with E-state index in [0.29, 0.717) is 12.0 Å². The molecule has 4 amide bonds. The molecule has 0 bridgehead atoms. The van der Waals surface area contributed by atoms with Crippen LogP contribution in [0.4, 0.5) is 4.79 Å². The highest BCUT2D eigenvalue weighted by Crippen LogP contribution is 2.32. The number of hydrogen-bond acceptors (Lipinski definition) is 6. The van der Waals surface area contributed by atoms with E-state index in [2.05, 4.69) is 21.4 Å². The molecule has 4 aromatic carbocycles. The molecular weight excluding hydrogens is 630 g/mol. The van der Waals surface area contributed by atoms with E-state index >= 15 is 0 Å². The zero-order chi connectivity index (χ0) is 35.7. The average Bonchev–Trinajstić information content (AvgIpc) is 3.41. The number of carbonyl (C=O) groups excluding carboxylic acids is 3. The Bertz CT molecular complexity index is 1730. The van der Waals surface area contributed by atoms with Gasteiger partial charge in [-0.3, -0.25) is 15.0 Å². The number of carbonyl (C=O) groups is 3. The number of aliphatic hydroxyl groups excluding tert-OH is 1. The Morgan fingerprint density at radius 1 is 0.800 bits per heavy atom. The second kappa shape index (κ2) is 16.1. The van der Waals surface area contributed by atoms with Crippen molar-refractivity contribution in [3.05, 3.63) is 143 Å². The summed E-state index contributed by atoms with van der Waals surface area (Å²) in [6, 6.07) is 33.3. The van der Waals surface area contributed by atoms with Crippen molar-refractivity contribution in [2.24, 2.45) is 5.41 Å². The number of hydrogen-bond donors (Lipinski definition) is 6. The predicted molar refractivity (Wildman–Crippen MR) is 192 cm³/mol. The van der Waals surface area contributed by atoms with Crippen LogP contribution in [0.15, 0.2) is 115 Å². The molecule has 0 saturated carbocycles. The zero-order valence-electron chi connectivity index (χ0n) is 28.8. The van der Waals surface area contributed by atoms with Crippen LogP contribution in [-0.2, 0) is 35.5 Å². The van der Waals surface area contributed by atoms with Gasteiger partial charge in [-0.2, -0.15) is 0 Å². The Balaban J connectivity index is 1.40. The third kappa shape index (κ3) is 9.56. The number of fused-ring (bicyclic) bond motifs is 1. The summed E-state index contributed by atoms with van der Waals surface area (Å²) >= 11 is 0. The molecule has 0 aromatic heterocycles. The smallest absolute Gasteiger partial charge is 0.315 e. The first-order valence-electron chi connectivity index (χ1n) is 16.9. The van der Waals surface area contributed by atoms with E-state index < -0.39 is 47.0 Å². The van der Waals surface area contributed by atoms with E-state index in [4.69, 9.17) is 0 Å². The van der Waals surface area contributed by atoms with Crippen LogP contribution in [0, 0.1) is 5.41 Å². The molecular formula is C40H47N5O5. The summed E-state index contributed by atoms with van der Waals surface area (Å²) in [5.41, 5.74) is 4.38. The fraction of sp³-hybridized carbons (Fsp3) is 0.325. The molecule has 0 fully saturated rings. The summed E-state index contributed by atoms with van der Waals surface area (Å²) in [6.07, 6.45) is -0.535. The molecule has 262 valence electrons. The Hall–Kier alpha value is -5.03. The van der Waals surface area contributed by atoms with Gasteiger partial charge in [0.2, 0.25) is 0 Å². The zero-order valence-corrected chi connectivity index (χ0v) is 28.8. The van der Waals surface area contributed by atoms with Crippen molar-refractivity contribution < 1.29 is 24.6 Å². The van der Waals surface area contributed by atoms with E-state index in [9.17, 15) is 24.6 Å². The fourth-order valence-corrected chi connectivity index (χ4v) is 6.28. The largest absolute Gasteiger partial charge is 0.390 e. The van der Waals surface area contributed by atoms with E-state index in [0.717, 1.165) is 22.3 Å². The number of amides is 4. The number of hydrazine groups is 1. The van der Waals surface area contributed by atoms with Gasteiger partial charge in [0, 0.05) is 25.9 Å². The predicted octanol–water partition coefficient (Wildman–Crippen LogP) is 4.18. The monoisotopic (exact) mass is 677 g/mol. The Morgan fingerprint density at radius 2 is 1.36 bits per heavy atom. The molecule has 6 N–H and O–H groups in total. The third-order valence-corrected chi connectivity index (χ3v) is 8.89. The number of rotatable bonds is 13. The first-order chi connectivity index (χ1) is 23.9. The van der Waals surface area contributed by atoms with Crippen LogP contribution in [0.2, 0.25) is 0 Å². The minimum atomic E-state index is -2.04. The van der Waals surface area contributed by atoms with Gasteiger partial charge in [-0.15, -0.1) is 0 Å². The molecule has 0 heterocycles. The fourth-order valence-electron chi connectivity index (χ4n) is 6.28. The molecule has 50 heavy (non-hydrogen) atoms. The maximum absolute atomic E-state index is 14.2. The van der Waals surface area contributed by atoms with Gasteiger partial charge in [0.05, 0.1) is 18.7 Å². The first kappa shape index (κ1) is 36.3. The lowest BCUT2D eigenvalue weighted by molar-refractivity contribution is -0.147. The summed E-state index contributed by atoms with van der Waals surface area (Å²) in [6.45, 7) is 5.69. The van der Waals surface area contributed by atoms with Crippen LogP contribution in [-0.4, -0.2) is 57.4 Å². The van der Waals surface area contributed by atoms with Crippen LogP contribution >= 0.6 is 0 Å². The Morgan fingerprint density at radius 3 is 1.98 bits per heavy atom. The van der Waals surface area contributed by atoms with E-state index in [1.54, 1.807) is 0 Å². The van der Waals surface area contributed by atoms with Gasteiger partial charge in [0.15, 0.2) is 5.60 Å². The summed E-state index contributed by atoms with van der Waals surface area (Å²) in [5.74, 6) is -1.19.